The highest BCUT2D eigenvalue weighted by Gasteiger charge is 2.29. The fraction of sp³-hybridized carbons (Fsp3) is 0.130. The second-order valence-corrected chi connectivity index (χ2v) is 6.44. The highest BCUT2D eigenvalue weighted by Crippen LogP contribution is 2.30. The highest BCUT2D eigenvalue weighted by atomic mass is 16.5. The first-order valence-corrected chi connectivity index (χ1v) is 8.64. The summed E-state index contributed by atoms with van der Waals surface area (Å²) in [4.78, 5) is 25.6. The van der Waals surface area contributed by atoms with Crippen molar-refractivity contribution in [3.63, 3.8) is 0 Å². The molecular weight excluding hydrogens is 340 g/mol. The molecule has 0 N–H and O–H groups in total. The van der Waals surface area contributed by atoms with E-state index >= 15 is 0 Å². The summed E-state index contributed by atoms with van der Waals surface area (Å²) in [6, 6.07) is 18.0. The van der Waals surface area contributed by atoms with Crippen LogP contribution in [-0.2, 0) is 6.42 Å². The van der Waals surface area contributed by atoms with Gasteiger partial charge in [0.25, 0.3) is 0 Å². The molecular formula is C23H18O4. The van der Waals surface area contributed by atoms with Gasteiger partial charge in [-0.15, -0.1) is 0 Å². The number of carbonyl (C=O) groups is 2. The largest absolute Gasteiger partial charge is 0.497 e. The normalized spacial score (nSPS) is 12.4. The maximum absolute atomic E-state index is 12.9. The smallest absolute Gasteiger partial charge is 0.194 e. The monoisotopic (exact) mass is 358 g/mol. The molecule has 0 aromatic heterocycles. The van der Waals surface area contributed by atoms with Crippen molar-refractivity contribution >= 4 is 11.6 Å². The van der Waals surface area contributed by atoms with Crippen LogP contribution >= 0.6 is 0 Å². The molecule has 1 aliphatic carbocycles. The summed E-state index contributed by atoms with van der Waals surface area (Å²) in [6.45, 7) is 0. The topological polar surface area (TPSA) is 52.6 Å². The molecule has 3 aromatic carbocycles. The lowest BCUT2D eigenvalue weighted by atomic mass is 9.83. The predicted octanol–water partition coefficient (Wildman–Crippen LogP) is 4.07. The molecule has 134 valence electrons. The summed E-state index contributed by atoms with van der Waals surface area (Å²) in [6.07, 6.45) is 0.566. The quantitative estimate of drug-likeness (QED) is 0.552. The standard InChI is InChI=1S/C23H18O4/c1-26-16-8-10-21(27-2)15(13-16)11-14-7-9-19-20(12-14)23(25)18-6-4-3-5-17(18)22(19)24/h3-10,12-13H,11H2,1-2H3. The lowest BCUT2D eigenvalue weighted by Gasteiger charge is -2.18. The van der Waals surface area contributed by atoms with Crippen LogP contribution in [-0.4, -0.2) is 25.8 Å². The van der Waals surface area contributed by atoms with E-state index in [-0.39, 0.29) is 11.6 Å². The number of benzene rings is 3. The first-order chi connectivity index (χ1) is 13.1. The van der Waals surface area contributed by atoms with E-state index in [0.717, 1.165) is 22.6 Å². The van der Waals surface area contributed by atoms with Gasteiger partial charge in [0.1, 0.15) is 11.5 Å². The molecule has 4 rings (SSSR count). The summed E-state index contributed by atoms with van der Waals surface area (Å²) in [5.41, 5.74) is 3.73. The Hall–Kier alpha value is -3.40. The van der Waals surface area contributed by atoms with Crippen molar-refractivity contribution in [3.8, 4) is 11.5 Å². The zero-order chi connectivity index (χ0) is 19.0. The van der Waals surface area contributed by atoms with Gasteiger partial charge in [0.05, 0.1) is 14.2 Å². The molecule has 1 aliphatic rings. The van der Waals surface area contributed by atoms with Gasteiger partial charge in [-0.2, -0.15) is 0 Å². The molecule has 0 unspecified atom stereocenters. The van der Waals surface area contributed by atoms with Crippen molar-refractivity contribution in [3.05, 3.63) is 94.0 Å². The van der Waals surface area contributed by atoms with Crippen molar-refractivity contribution in [2.45, 2.75) is 6.42 Å². The lowest BCUT2D eigenvalue weighted by molar-refractivity contribution is 0.0979. The minimum Gasteiger partial charge on any atom is -0.497 e. The van der Waals surface area contributed by atoms with Crippen LogP contribution in [0.3, 0.4) is 0 Å². The van der Waals surface area contributed by atoms with E-state index in [1.807, 2.05) is 30.3 Å². The molecule has 0 heterocycles. The molecule has 0 amide bonds. The van der Waals surface area contributed by atoms with Crippen LogP contribution in [0.2, 0.25) is 0 Å². The Morgan fingerprint density at radius 3 is 2.04 bits per heavy atom. The van der Waals surface area contributed by atoms with Gasteiger partial charge in [0.2, 0.25) is 0 Å². The Kier molecular flexibility index (Phi) is 4.24. The molecule has 0 atom stereocenters. The molecule has 0 saturated carbocycles. The van der Waals surface area contributed by atoms with Crippen molar-refractivity contribution in [2.24, 2.45) is 0 Å². The Bertz CT molecular complexity index is 1070. The third-order valence-corrected chi connectivity index (χ3v) is 4.87. The molecule has 3 aromatic rings. The molecule has 0 aliphatic heterocycles. The number of rotatable bonds is 4. The average molecular weight is 358 g/mol. The van der Waals surface area contributed by atoms with Gasteiger partial charge in [-0.25, -0.2) is 0 Å². The molecule has 0 saturated heterocycles. The Labute approximate surface area is 157 Å². The van der Waals surface area contributed by atoms with Crippen LogP contribution in [0.1, 0.15) is 43.0 Å². The van der Waals surface area contributed by atoms with Gasteiger partial charge in [-0.1, -0.05) is 36.4 Å². The lowest BCUT2D eigenvalue weighted by Crippen LogP contribution is -2.21. The highest BCUT2D eigenvalue weighted by molar-refractivity contribution is 6.28. The number of carbonyl (C=O) groups excluding carboxylic acids is 2. The number of hydrogen-bond donors (Lipinski definition) is 0. The Morgan fingerprint density at radius 2 is 1.37 bits per heavy atom. The van der Waals surface area contributed by atoms with Crippen LogP contribution < -0.4 is 9.47 Å². The fourth-order valence-corrected chi connectivity index (χ4v) is 3.50. The van der Waals surface area contributed by atoms with Gasteiger partial charge in [0.15, 0.2) is 11.6 Å². The van der Waals surface area contributed by atoms with Gasteiger partial charge in [-0.05, 0) is 29.8 Å². The van der Waals surface area contributed by atoms with Crippen molar-refractivity contribution in [2.75, 3.05) is 14.2 Å². The van der Waals surface area contributed by atoms with Crippen molar-refractivity contribution in [1.29, 1.82) is 0 Å². The van der Waals surface area contributed by atoms with Gasteiger partial charge >= 0.3 is 0 Å². The maximum atomic E-state index is 12.9. The summed E-state index contributed by atoms with van der Waals surface area (Å²) < 4.78 is 10.7. The average Bonchev–Trinajstić information content (AvgIpc) is 2.72. The zero-order valence-electron chi connectivity index (χ0n) is 15.1. The predicted molar refractivity (Wildman–Crippen MR) is 102 cm³/mol. The van der Waals surface area contributed by atoms with E-state index in [2.05, 4.69) is 0 Å². The summed E-state index contributed by atoms with van der Waals surface area (Å²) in [5.74, 6) is 1.27. The molecule has 0 fully saturated rings. The molecule has 0 radical (unpaired) electrons. The van der Waals surface area contributed by atoms with E-state index in [1.54, 1.807) is 44.6 Å². The van der Waals surface area contributed by atoms with Crippen LogP contribution in [0.4, 0.5) is 0 Å². The minimum atomic E-state index is -0.111. The molecule has 4 nitrogen and oxygen atoms in total. The first kappa shape index (κ1) is 17.0. The number of ketones is 2. The second-order valence-electron chi connectivity index (χ2n) is 6.44. The molecule has 4 heteroatoms. The number of ether oxygens (including phenoxy) is 2. The summed E-state index contributed by atoms with van der Waals surface area (Å²) in [5, 5.41) is 0. The van der Waals surface area contributed by atoms with Crippen LogP contribution in [0.15, 0.2) is 60.7 Å². The molecule has 0 bridgehead atoms. The van der Waals surface area contributed by atoms with Crippen LogP contribution in [0.5, 0.6) is 11.5 Å². The van der Waals surface area contributed by atoms with Crippen LogP contribution in [0.25, 0.3) is 0 Å². The number of methoxy groups -OCH3 is 2. The minimum absolute atomic E-state index is 0.106. The van der Waals surface area contributed by atoms with Gasteiger partial charge in [-0.3, -0.25) is 9.59 Å². The van der Waals surface area contributed by atoms with Crippen LogP contribution in [0, 0.1) is 0 Å². The van der Waals surface area contributed by atoms with E-state index in [9.17, 15) is 9.59 Å². The van der Waals surface area contributed by atoms with E-state index in [1.165, 1.54) is 0 Å². The van der Waals surface area contributed by atoms with E-state index in [0.29, 0.717) is 28.7 Å². The summed E-state index contributed by atoms with van der Waals surface area (Å²) in [7, 11) is 3.24. The fourth-order valence-electron chi connectivity index (χ4n) is 3.50. The molecule has 27 heavy (non-hydrogen) atoms. The second kappa shape index (κ2) is 6.72. The Balaban J connectivity index is 1.74. The van der Waals surface area contributed by atoms with Crippen molar-refractivity contribution < 1.29 is 19.1 Å². The zero-order valence-corrected chi connectivity index (χ0v) is 15.1. The first-order valence-electron chi connectivity index (χ1n) is 8.64. The summed E-state index contributed by atoms with van der Waals surface area (Å²) >= 11 is 0. The van der Waals surface area contributed by atoms with Crippen molar-refractivity contribution in [1.82, 2.24) is 0 Å². The number of fused-ring (bicyclic) bond motifs is 2. The number of hydrogen-bond acceptors (Lipinski definition) is 4. The maximum Gasteiger partial charge on any atom is 0.194 e. The third kappa shape index (κ3) is 2.89. The van der Waals surface area contributed by atoms with E-state index in [4.69, 9.17) is 9.47 Å². The third-order valence-electron chi connectivity index (χ3n) is 4.87. The van der Waals surface area contributed by atoms with E-state index < -0.39 is 0 Å². The Morgan fingerprint density at radius 1 is 0.704 bits per heavy atom. The van der Waals surface area contributed by atoms with Gasteiger partial charge in [0, 0.05) is 34.2 Å². The van der Waals surface area contributed by atoms with Gasteiger partial charge < -0.3 is 9.47 Å². The molecule has 0 spiro atoms. The SMILES string of the molecule is COc1ccc(OC)c(Cc2ccc3c(c2)C(=O)c2ccccc2C3=O)c1.